The third-order valence-electron chi connectivity index (χ3n) is 6.49. The fourth-order valence-corrected chi connectivity index (χ4v) is 4.79. The average molecular weight is 431 g/mol. The number of anilines is 1. The first-order valence-corrected chi connectivity index (χ1v) is 11.1. The van der Waals surface area contributed by atoms with E-state index >= 15 is 0 Å². The first kappa shape index (κ1) is 20.4. The van der Waals surface area contributed by atoms with Crippen LogP contribution in [0.1, 0.15) is 41.6 Å². The van der Waals surface area contributed by atoms with E-state index in [9.17, 15) is 9.59 Å². The van der Waals surface area contributed by atoms with Gasteiger partial charge in [-0.3, -0.25) is 9.59 Å². The molecule has 0 radical (unpaired) electrons. The van der Waals surface area contributed by atoms with E-state index < -0.39 is 0 Å². The molecule has 2 aromatic carbocycles. The molecule has 1 unspecified atom stereocenters. The monoisotopic (exact) mass is 430 g/mol. The summed E-state index contributed by atoms with van der Waals surface area (Å²) in [5.74, 6) is 1.15. The number of piperidine rings is 1. The molecule has 0 saturated carbocycles. The first-order valence-electron chi connectivity index (χ1n) is 11.1. The highest BCUT2D eigenvalue weighted by Crippen LogP contribution is 2.34. The van der Waals surface area contributed by atoms with E-state index in [4.69, 9.17) is 4.52 Å². The summed E-state index contributed by atoms with van der Waals surface area (Å²) in [6.07, 6.45) is 2.28. The fourth-order valence-electron chi connectivity index (χ4n) is 4.79. The second-order valence-corrected chi connectivity index (χ2v) is 8.67. The number of fused-ring (bicyclic) bond motifs is 1. The number of hydrogen-bond donors (Lipinski definition) is 0. The van der Waals surface area contributed by atoms with Gasteiger partial charge in [0.1, 0.15) is 0 Å². The van der Waals surface area contributed by atoms with Gasteiger partial charge in [0.15, 0.2) is 0 Å². The standard InChI is InChI=1S/C25H26N4O3/c1-16-15-21-5-3-4-6-22(21)29(16)25(31)20-11-13-28(14-12-20)24(30)19-9-7-18(8-10-19)23-26-17(2)32-27-23/h3-10,16,20H,11-15H2,1-2H3. The molecule has 0 aliphatic carbocycles. The van der Waals surface area contributed by atoms with Crippen LogP contribution in [0.2, 0.25) is 0 Å². The molecule has 1 aromatic heterocycles. The number of likely N-dealkylation sites (tertiary alicyclic amines) is 1. The number of carbonyl (C=O) groups excluding carboxylic acids is 2. The number of amides is 2. The zero-order valence-corrected chi connectivity index (χ0v) is 18.3. The van der Waals surface area contributed by atoms with Crippen molar-refractivity contribution in [2.45, 2.75) is 39.2 Å². The Morgan fingerprint density at radius 3 is 2.44 bits per heavy atom. The van der Waals surface area contributed by atoms with Crippen LogP contribution in [0.25, 0.3) is 11.4 Å². The molecular weight excluding hydrogens is 404 g/mol. The summed E-state index contributed by atoms with van der Waals surface area (Å²) in [5, 5.41) is 3.91. The first-order chi connectivity index (χ1) is 15.5. The van der Waals surface area contributed by atoms with Gasteiger partial charge in [-0.05, 0) is 49.9 Å². The number of para-hydroxylation sites is 1. The molecule has 7 heteroatoms. The Labute approximate surface area is 187 Å². The fraction of sp³-hybridized carbons (Fsp3) is 0.360. The van der Waals surface area contributed by atoms with Gasteiger partial charge in [-0.1, -0.05) is 35.5 Å². The van der Waals surface area contributed by atoms with Crippen LogP contribution in [0.4, 0.5) is 5.69 Å². The maximum atomic E-state index is 13.3. The molecule has 3 heterocycles. The minimum atomic E-state index is -0.0449. The van der Waals surface area contributed by atoms with E-state index in [1.54, 1.807) is 19.1 Å². The Morgan fingerprint density at radius 2 is 1.75 bits per heavy atom. The Bertz CT molecular complexity index is 1150. The number of aryl methyl sites for hydroxylation is 1. The maximum absolute atomic E-state index is 13.3. The summed E-state index contributed by atoms with van der Waals surface area (Å²) in [6.45, 7) is 5.03. The van der Waals surface area contributed by atoms with Crippen LogP contribution < -0.4 is 4.90 Å². The number of nitrogens with zero attached hydrogens (tertiary/aromatic N) is 4. The van der Waals surface area contributed by atoms with Gasteiger partial charge in [-0.15, -0.1) is 0 Å². The summed E-state index contributed by atoms with van der Waals surface area (Å²) in [4.78, 5) is 34.3. The van der Waals surface area contributed by atoms with Gasteiger partial charge in [-0.2, -0.15) is 4.98 Å². The van der Waals surface area contributed by atoms with E-state index in [1.807, 2.05) is 40.1 Å². The van der Waals surface area contributed by atoms with Gasteiger partial charge >= 0.3 is 0 Å². The SMILES string of the molecule is Cc1nc(-c2ccc(C(=O)N3CCC(C(=O)N4c5ccccc5CC4C)CC3)cc2)no1. The van der Waals surface area contributed by atoms with Crippen LogP contribution in [0.15, 0.2) is 53.1 Å². The Hall–Kier alpha value is -3.48. The van der Waals surface area contributed by atoms with Crippen molar-refractivity contribution in [3.63, 3.8) is 0 Å². The molecule has 1 fully saturated rings. The van der Waals surface area contributed by atoms with Crippen molar-refractivity contribution in [3.05, 3.63) is 65.5 Å². The predicted octanol–water partition coefficient (Wildman–Crippen LogP) is 3.88. The molecule has 2 aliphatic rings. The minimum Gasteiger partial charge on any atom is -0.339 e. The number of benzene rings is 2. The predicted molar refractivity (Wildman–Crippen MR) is 120 cm³/mol. The van der Waals surface area contributed by atoms with Crippen molar-refractivity contribution >= 4 is 17.5 Å². The topological polar surface area (TPSA) is 79.5 Å². The molecule has 2 aliphatic heterocycles. The molecule has 164 valence electrons. The lowest BCUT2D eigenvalue weighted by atomic mass is 9.94. The lowest BCUT2D eigenvalue weighted by molar-refractivity contribution is -0.124. The van der Waals surface area contributed by atoms with Crippen LogP contribution in [-0.4, -0.2) is 46.0 Å². The summed E-state index contributed by atoms with van der Waals surface area (Å²) in [7, 11) is 0. The molecule has 5 rings (SSSR count). The highest BCUT2D eigenvalue weighted by molar-refractivity contribution is 5.98. The summed E-state index contributed by atoms with van der Waals surface area (Å²) >= 11 is 0. The van der Waals surface area contributed by atoms with Gasteiger partial charge < -0.3 is 14.3 Å². The van der Waals surface area contributed by atoms with Crippen LogP contribution in [0, 0.1) is 12.8 Å². The smallest absolute Gasteiger partial charge is 0.253 e. The van der Waals surface area contributed by atoms with E-state index in [0.29, 0.717) is 43.2 Å². The lowest BCUT2D eigenvalue weighted by Crippen LogP contribution is -2.46. The summed E-state index contributed by atoms with van der Waals surface area (Å²) in [5.41, 5.74) is 3.71. The summed E-state index contributed by atoms with van der Waals surface area (Å²) < 4.78 is 5.02. The highest BCUT2D eigenvalue weighted by Gasteiger charge is 2.36. The summed E-state index contributed by atoms with van der Waals surface area (Å²) in [6, 6.07) is 15.6. The van der Waals surface area contributed by atoms with E-state index in [-0.39, 0.29) is 23.8 Å². The van der Waals surface area contributed by atoms with Gasteiger partial charge in [0.05, 0.1) is 0 Å². The van der Waals surface area contributed by atoms with Crippen LogP contribution >= 0.6 is 0 Å². The van der Waals surface area contributed by atoms with Crippen molar-refractivity contribution in [1.82, 2.24) is 15.0 Å². The minimum absolute atomic E-state index is 0.00775. The molecule has 2 amide bonds. The molecule has 0 spiro atoms. The molecule has 3 aromatic rings. The molecule has 1 saturated heterocycles. The lowest BCUT2D eigenvalue weighted by Gasteiger charge is -2.34. The molecular formula is C25H26N4O3. The van der Waals surface area contributed by atoms with Gasteiger partial charge in [0, 0.05) is 48.8 Å². The third-order valence-corrected chi connectivity index (χ3v) is 6.49. The third kappa shape index (κ3) is 3.68. The highest BCUT2D eigenvalue weighted by atomic mass is 16.5. The Morgan fingerprint density at radius 1 is 1.03 bits per heavy atom. The number of hydrogen-bond acceptors (Lipinski definition) is 5. The van der Waals surface area contributed by atoms with Crippen molar-refractivity contribution in [3.8, 4) is 11.4 Å². The number of carbonyl (C=O) groups is 2. The van der Waals surface area contributed by atoms with Gasteiger partial charge in [-0.25, -0.2) is 0 Å². The quantitative estimate of drug-likeness (QED) is 0.630. The van der Waals surface area contributed by atoms with Crippen molar-refractivity contribution < 1.29 is 14.1 Å². The van der Waals surface area contributed by atoms with Crippen molar-refractivity contribution in [2.24, 2.45) is 5.92 Å². The van der Waals surface area contributed by atoms with E-state index in [2.05, 4.69) is 23.1 Å². The molecule has 0 bridgehead atoms. The van der Waals surface area contributed by atoms with Gasteiger partial charge in [0.2, 0.25) is 17.6 Å². The molecule has 0 N–H and O–H groups in total. The number of rotatable bonds is 3. The Kier molecular flexibility index (Phi) is 5.25. The van der Waals surface area contributed by atoms with Crippen LogP contribution in [0.5, 0.6) is 0 Å². The number of aromatic nitrogens is 2. The normalized spacial score (nSPS) is 18.6. The van der Waals surface area contributed by atoms with Crippen molar-refractivity contribution in [1.29, 1.82) is 0 Å². The van der Waals surface area contributed by atoms with E-state index in [0.717, 1.165) is 17.7 Å². The van der Waals surface area contributed by atoms with Crippen molar-refractivity contribution in [2.75, 3.05) is 18.0 Å². The van der Waals surface area contributed by atoms with Crippen LogP contribution in [-0.2, 0) is 11.2 Å². The molecule has 1 atom stereocenters. The Balaban J connectivity index is 1.22. The zero-order chi connectivity index (χ0) is 22.2. The van der Waals surface area contributed by atoms with Crippen LogP contribution in [0.3, 0.4) is 0 Å². The van der Waals surface area contributed by atoms with Gasteiger partial charge in [0.25, 0.3) is 5.91 Å². The molecule has 32 heavy (non-hydrogen) atoms. The van der Waals surface area contributed by atoms with E-state index in [1.165, 1.54) is 5.56 Å². The zero-order valence-electron chi connectivity index (χ0n) is 18.3. The second-order valence-electron chi connectivity index (χ2n) is 8.67. The second kappa shape index (κ2) is 8.22. The molecule has 7 nitrogen and oxygen atoms in total. The largest absolute Gasteiger partial charge is 0.339 e. The average Bonchev–Trinajstić information content (AvgIpc) is 3.40. The maximum Gasteiger partial charge on any atom is 0.253 e.